The van der Waals surface area contributed by atoms with Crippen molar-refractivity contribution in [2.75, 3.05) is 12.7 Å². The molecule has 0 aliphatic carbocycles. The lowest BCUT2D eigenvalue weighted by Gasteiger charge is -2.35. The highest BCUT2D eigenvalue weighted by molar-refractivity contribution is 7.55. The number of ether oxygens (including phenoxy) is 1. The Morgan fingerprint density at radius 2 is 1.95 bits per heavy atom. The zero-order chi connectivity index (χ0) is 31.0. The molecule has 0 radical (unpaired) electrons. The van der Waals surface area contributed by atoms with Gasteiger partial charge in [-0.2, -0.15) is 0 Å². The monoisotopic (exact) mass is 611 g/mol. The molecule has 4 unspecified atom stereocenters. The zero-order valence-corrected chi connectivity index (χ0v) is 27.9. The number of thiazole rings is 1. The van der Waals surface area contributed by atoms with E-state index in [0.29, 0.717) is 29.7 Å². The summed E-state index contributed by atoms with van der Waals surface area (Å²) in [5, 5.41) is 16.5. The van der Waals surface area contributed by atoms with Crippen molar-refractivity contribution in [2.24, 2.45) is 28.9 Å². The van der Waals surface area contributed by atoms with Gasteiger partial charge in [-0.3, -0.25) is 9.36 Å². The molecule has 7 atom stereocenters. The van der Waals surface area contributed by atoms with E-state index in [1.54, 1.807) is 0 Å². The predicted molar refractivity (Wildman–Crippen MR) is 170 cm³/mol. The number of rotatable bonds is 7. The van der Waals surface area contributed by atoms with Crippen molar-refractivity contribution in [2.45, 2.75) is 112 Å². The SMILES string of the molecule is C=C1CC(/C(C)=C/c2csc(CNP(=O)(O)CCN)n2)OC(C)CC(O)C(C)(C)C(=O)[C@@H](C)C[C@H](C)CCC[C@H]1C. The second-order valence-electron chi connectivity index (χ2n) is 12.8. The van der Waals surface area contributed by atoms with E-state index in [9.17, 15) is 19.4 Å². The molecule has 0 spiro atoms. The lowest BCUT2D eigenvalue weighted by molar-refractivity contribution is -0.139. The number of nitrogens with zero attached hydrogens (tertiary/aromatic N) is 1. The fourth-order valence-electron chi connectivity index (χ4n) is 5.55. The van der Waals surface area contributed by atoms with Crippen LogP contribution in [0.2, 0.25) is 0 Å². The van der Waals surface area contributed by atoms with Gasteiger partial charge in [0, 0.05) is 29.7 Å². The smallest absolute Gasteiger partial charge is 0.268 e. The normalized spacial score (nSPS) is 31.1. The predicted octanol–water partition coefficient (Wildman–Crippen LogP) is 6.33. The van der Waals surface area contributed by atoms with Crippen molar-refractivity contribution < 1.29 is 24.1 Å². The molecule has 5 N–H and O–H groups in total. The molecule has 41 heavy (non-hydrogen) atoms. The highest BCUT2D eigenvalue weighted by atomic mass is 32.1. The Hall–Kier alpha value is -1.19. The van der Waals surface area contributed by atoms with Crippen molar-refractivity contribution in [1.82, 2.24) is 10.1 Å². The van der Waals surface area contributed by atoms with E-state index in [4.69, 9.17) is 10.5 Å². The highest BCUT2D eigenvalue weighted by Crippen LogP contribution is 2.36. The number of carbonyl (C=O) groups excluding carboxylic acids is 1. The summed E-state index contributed by atoms with van der Waals surface area (Å²) in [5.74, 6) is 0.790. The van der Waals surface area contributed by atoms with Crippen LogP contribution in [0.3, 0.4) is 0 Å². The Labute approximate surface area is 251 Å². The molecule has 0 saturated carbocycles. The Morgan fingerprint density at radius 1 is 1.27 bits per heavy atom. The summed E-state index contributed by atoms with van der Waals surface area (Å²) in [4.78, 5) is 27.9. The van der Waals surface area contributed by atoms with Gasteiger partial charge >= 0.3 is 0 Å². The molecule has 1 saturated heterocycles. The number of carbonyl (C=O) groups is 1. The number of nitrogens with two attached hydrogens (primary N) is 1. The fourth-order valence-corrected chi connectivity index (χ4v) is 7.25. The van der Waals surface area contributed by atoms with Gasteiger partial charge in [0.25, 0.3) is 7.52 Å². The topological polar surface area (TPSA) is 135 Å². The van der Waals surface area contributed by atoms with Crippen molar-refractivity contribution in [3.05, 3.63) is 33.8 Å². The highest BCUT2D eigenvalue weighted by Gasteiger charge is 2.39. The first-order valence-corrected chi connectivity index (χ1v) is 17.7. The van der Waals surface area contributed by atoms with Crippen LogP contribution in [0.4, 0.5) is 0 Å². The molecule has 1 aromatic heterocycles. The van der Waals surface area contributed by atoms with Gasteiger partial charge in [0.05, 0.1) is 36.7 Å². The molecule has 1 aliphatic rings. The van der Waals surface area contributed by atoms with Crippen LogP contribution >= 0.6 is 18.9 Å². The molecular weight excluding hydrogens is 557 g/mol. The van der Waals surface area contributed by atoms with Crippen LogP contribution < -0.4 is 10.8 Å². The maximum absolute atomic E-state index is 13.4. The van der Waals surface area contributed by atoms with E-state index in [1.165, 1.54) is 11.3 Å². The van der Waals surface area contributed by atoms with Crippen molar-refractivity contribution in [3.63, 3.8) is 0 Å². The number of aliphatic hydroxyl groups excluding tert-OH is 1. The first kappa shape index (κ1) is 36.0. The van der Waals surface area contributed by atoms with Gasteiger partial charge in [-0.1, -0.05) is 59.6 Å². The third-order valence-corrected chi connectivity index (χ3v) is 10.8. The first-order valence-electron chi connectivity index (χ1n) is 15.0. The van der Waals surface area contributed by atoms with Crippen molar-refractivity contribution in [3.8, 4) is 0 Å². The number of hydrogen-bond donors (Lipinski definition) is 4. The zero-order valence-electron chi connectivity index (χ0n) is 26.2. The third-order valence-electron chi connectivity index (χ3n) is 8.46. The molecule has 1 aliphatic heterocycles. The molecule has 234 valence electrons. The first-order chi connectivity index (χ1) is 19.1. The van der Waals surface area contributed by atoms with Gasteiger partial charge in [0.15, 0.2) is 0 Å². The van der Waals surface area contributed by atoms with Crippen LogP contribution in [0.5, 0.6) is 0 Å². The number of aromatic nitrogens is 1. The lowest BCUT2D eigenvalue weighted by atomic mass is 9.73. The molecule has 1 aromatic rings. The number of nitrogens with one attached hydrogen (secondary N) is 1. The summed E-state index contributed by atoms with van der Waals surface area (Å²) in [5.41, 5.74) is 7.44. The minimum Gasteiger partial charge on any atom is -0.392 e. The molecule has 8 nitrogen and oxygen atoms in total. The molecule has 0 amide bonds. The van der Waals surface area contributed by atoms with Gasteiger partial charge in [0.1, 0.15) is 10.8 Å². The van der Waals surface area contributed by atoms with E-state index in [0.717, 1.165) is 42.5 Å². The summed E-state index contributed by atoms with van der Waals surface area (Å²) in [7, 11) is -3.47. The largest absolute Gasteiger partial charge is 0.392 e. The molecular formula is C31H54N3O5PS. The number of ketones is 1. The summed E-state index contributed by atoms with van der Waals surface area (Å²) in [6, 6.07) is 0. The maximum atomic E-state index is 13.4. The van der Waals surface area contributed by atoms with E-state index >= 15 is 0 Å². The average molecular weight is 612 g/mol. The van der Waals surface area contributed by atoms with Gasteiger partial charge in [-0.15, -0.1) is 11.3 Å². The minimum atomic E-state index is -3.47. The molecule has 2 heterocycles. The standard InChI is InChI=1S/C31H54N3O5PS/c1-20-10-9-11-21(2)22(3)16-27(39-25(6)17-28(35)31(7,8)30(36)24(5)14-20)23(4)15-26-19-41-29(34-26)18-33-40(37,38)13-12-32/h15,19-21,24-25,27-28,35H,3,9-14,16-18,32H2,1-2,4-8H3,(H2,33,37,38)/b23-15+/t20-,21-,24+,25?,27?,28?/m1/s1. The summed E-state index contributed by atoms with van der Waals surface area (Å²) < 4.78 is 18.6. The third kappa shape index (κ3) is 11.4. The van der Waals surface area contributed by atoms with Gasteiger partial charge in [0.2, 0.25) is 0 Å². The average Bonchev–Trinajstić information content (AvgIpc) is 3.33. The van der Waals surface area contributed by atoms with Crippen molar-refractivity contribution >= 4 is 30.7 Å². The van der Waals surface area contributed by atoms with Crippen LogP contribution in [0.1, 0.15) is 97.7 Å². The Bertz CT molecular complexity index is 1090. The van der Waals surface area contributed by atoms with Crippen LogP contribution in [0.15, 0.2) is 23.1 Å². The van der Waals surface area contributed by atoms with E-state index in [-0.39, 0.29) is 43.2 Å². The van der Waals surface area contributed by atoms with Crippen LogP contribution in [0.25, 0.3) is 6.08 Å². The maximum Gasteiger partial charge on any atom is 0.268 e. The van der Waals surface area contributed by atoms with E-state index < -0.39 is 19.0 Å². The second-order valence-corrected chi connectivity index (χ2v) is 15.9. The van der Waals surface area contributed by atoms with Gasteiger partial charge in [-0.25, -0.2) is 10.1 Å². The molecule has 2 rings (SSSR count). The molecule has 0 aromatic carbocycles. The number of hydrogen-bond acceptors (Lipinski definition) is 7. The minimum absolute atomic E-state index is 0.0157. The summed E-state index contributed by atoms with van der Waals surface area (Å²) >= 11 is 1.42. The Balaban J connectivity index is 2.26. The summed E-state index contributed by atoms with van der Waals surface area (Å²) in [6.45, 7) is 18.9. The van der Waals surface area contributed by atoms with E-state index in [2.05, 4.69) is 30.5 Å². The molecule has 0 bridgehead atoms. The second kappa shape index (κ2) is 16.0. The summed E-state index contributed by atoms with van der Waals surface area (Å²) in [6.07, 6.45) is 5.66. The van der Waals surface area contributed by atoms with E-state index in [1.807, 2.05) is 46.1 Å². The van der Waals surface area contributed by atoms with Crippen LogP contribution in [-0.2, 0) is 20.6 Å². The van der Waals surface area contributed by atoms with Crippen LogP contribution in [0, 0.1) is 23.2 Å². The Morgan fingerprint density at radius 3 is 2.61 bits per heavy atom. The van der Waals surface area contributed by atoms with Gasteiger partial charge in [-0.05, 0) is 56.6 Å². The van der Waals surface area contributed by atoms with Gasteiger partial charge < -0.3 is 20.5 Å². The van der Waals surface area contributed by atoms with Crippen LogP contribution in [-0.4, -0.2) is 51.8 Å². The van der Waals surface area contributed by atoms with Crippen molar-refractivity contribution in [1.29, 1.82) is 0 Å². The molecule has 10 heteroatoms. The number of aliphatic hydroxyl groups is 1. The quantitative estimate of drug-likeness (QED) is 0.208. The lowest BCUT2D eigenvalue weighted by Crippen LogP contribution is -2.42. The Kier molecular flexibility index (Phi) is 14.1. The fraction of sp³-hybridized carbons (Fsp3) is 0.742. The number of Topliss-reactive ketones (excluding diaryl/α,β-unsaturated/α-hetero) is 1. The molecule has 1 fully saturated rings.